The van der Waals surface area contributed by atoms with Crippen molar-refractivity contribution in [2.24, 2.45) is 5.92 Å². The molecule has 0 bridgehead atoms. The van der Waals surface area contributed by atoms with E-state index in [0.717, 1.165) is 44.3 Å². The first kappa shape index (κ1) is 15.5. The largest absolute Gasteiger partial charge is 0.388 e. The lowest BCUT2D eigenvalue weighted by molar-refractivity contribution is -0.137. The molecule has 1 amide bonds. The molecule has 1 atom stereocenters. The number of carbonyl (C=O) groups excluding carboxylic acids is 1. The highest BCUT2D eigenvalue weighted by atomic mass is 16.3. The van der Waals surface area contributed by atoms with Gasteiger partial charge in [-0.1, -0.05) is 50.8 Å². The van der Waals surface area contributed by atoms with Crippen LogP contribution in [0.1, 0.15) is 74.7 Å². The fourth-order valence-corrected chi connectivity index (χ4v) is 3.83. The summed E-state index contributed by atoms with van der Waals surface area (Å²) in [6.07, 6.45) is 7.20. The van der Waals surface area contributed by atoms with Crippen molar-refractivity contribution in [2.45, 2.75) is 71.1 Å². The van der Waals surface area contributed by atoms with Gasteiger partial charge in [0.1, 0.15) is 0 Å². The highest BCUT2D eigenvalue weighted by Gasteiger charge is 2.30. The van der Waals surface area contributed by atoms with Gasteiger partial charge in [0.25, 0.3) is 0 Å². The number of aliphatic hydroxyl groups is 1. The first-order valence-electron chi connectivity index (χ1n) is 8.77. The number of nitrogens with zero attached hydrogens (tertiary/aromatic N) is 1. The molecule has 1 unspecified atom stereocenters. The topological polar surface area (TPSA) is 40.5 Å². The summed E-state index contributed by atoms with van der Waals surface area (Å²) in [7, 11) is 0. The average molecular weight is 301 g/mol. The molecular formula is C19H27NO2. The summed E-state index contributed by atoms with van der Waals surface area (Å²) in [5.74, 6) is 0.583. The van der Waals surface area contributed by atoms with E-state index in [4.69, 9.17) is 0 Å². The van der Waals surface area contributed by atoms with Crippen LogP contribution in [0.4, 0.5) is 0 Å². The summed E-state index contributed by atoms with van der Waals surface area (Å²) < 4.78 is 0. The fraction of sp³-hybridized carbons (Fsp3) is 0.632. The van der Waals surface area contributed by atoms with Gasteiger partial charge in [0.2, 0.25) is 5.91 Å². The number of hydrogen-bond donors (Lipinski definition) is 1. The third-order valence-corrected chi connectivity index (χ3v) is 5.17. The Balaban J connectivity index is 1.68. The minimum atomic E-state index is -0.376. The maximum atomic E-state index is 12.7. The van der Waals surface area contributed by atoms with Crippen LogP contribution >= 0.6 is 0 Å². The number of carbonyl (C=O) groups is 1. The summed E-state index contributed by atoms with van der Waals surface area (Å²) in [5.41, 5.74) is 3.46. The van der Waals surface area contributed by atoms with Crippen LogP contribution in [0.15, 0.2) is 18.2 Å². The smallest absolute Gasteiger partial charge is 0.226 e. The molecule has 0 saturated heterocycles. The number of fused-ring (bicyclic) bond motifs is 1. The second kappa shape index (κ2) is 6.82. The molecule has 3 heteroatoms. The van der Waals surface area contributed by atoms with E-state index in [1.54, 1.807) is 0 Å². The lowest BCUT2D eigenvalue weighted by Crippen LogP contribution is -2.33. The van der Waals surface area contributed by atoms with Gasteiger partial charge in [-0.25, -0.2) is 0 Å². The molecule has 3 rings (SSSR count). The third kappa shape index (κ3) is 3.19. The molecular weight excluding hydrogens is 274 g/mol. The molecule has 1 heterocycles. The number of benzene rings is 1. The second-order valence-corrected chi connectivity index (χ2v) is 6.86. The minimum absolute atomic E-state index is 0.244. The van der Waals surface area contributed by atoms with Crippen LogP contribution in [0.2, 0.25) is 0 Å². The molecule has 0 aromatic heterocycles. The van der Waals surface area contributed by atoms with E-state index >= 15 is 0 Å². The van der Waals surface area contributed by atoms with Gasteiger partial charge in [-0.3, -0.25) is 4.79 Å². The van der Waals surface area contributed by atoms with Crippen LogP contribution < -0.4 is 0 Å². The molecule has 1 N–H and O–H groups in total. The monoisotopic (exact) mass is 301 g/mol. The molecule has 1 fully saturated rings. The van der Waals surface area contributed by atoms with Gasteiger partial charge in [0, 0.05) is 19.0 Å². The lowest BCUT2D eigenvalue weighted by atomic mass is 9.88. The first-order chi connectivity index (χ1) is 10.7. The zero-order valence-electron chi connectivity index (χ0n) is 13.6. The van der Waals surface area contributed by atoms with Gasteiger partial charge >= 0.3 is 0 Å². The van der Waals surface area contributed by atoms with E-state index in [9.17, 15) is 9.90 Å². The quantitative estimate of drug-likeness (QED) is 0.915. The normalized spacial score (nSPS) is 20.0. The van der Waals surface area contributed by atoms with Gasteiger partial charge in [-0.15, -0.1) is 0 Å². The zero-order valence-corrected chi connectivity index (χ0v) is 13.6. The molecule has 120 valence electrons. The Kier molecular flexibility index (Phi) is 4.82. The maximum Gasteiger partial charge on any atom is 0.226 e. The zero-order chi connectivity index (χ0) is 15.5. The van der Waals surface area contributed by atoms with Crippen LogP contribution in [0, 0.1) is 5.92 Å². The van der Waals surface area contributed by atoms with E-state index in [2.05, 4.69) is 19.1 Å². The summed E-state index contributed by atoms with van der Waals surface area (Å²) in [6.45, 7) is 3.55. The Morgan fingerprint density at radius 1 is 1.23 bits per heavy atom. The Bertz CT molecular complexity index is 534. The van der Waals surface area contributed by atoms with Crippen LogP contribution in [-0.2, 0) is 17.9 Å². The summed E-state index contributed by atoms with van der Waals surface area (Å²) in [6, 6.07) is 6.22. The molecule has 1 saturated carbocycles. The lowest BCUT2D eigenvalue weighted by Gasteiger charge is -2.25. The first-order valence-corrected chi connectivity index (χ1v) is 8.77. The molecule has 2 aliphatic rings. The van der Waals surface area contributed by atoms with Crippen molar-refractivity contribution in [3.05, 3.63) is 34.9 Å². The van der Waals surface area contributed by atoms with Crippen molar-refractivity contribution in [3.8, 4) is 0 Å². The van der Waals surface area contributed by atoms with Gasteiger partial charge in [-0.05, 0) is 36.0 Å². The van der Waals surface area contributed by atoms with Crippen LogP contribution in [0.5, 0.6) is 0 Å². The van der Waals surface area contributed by atoms with E-state index in [1.807, 2.05) is 11.0 Å². The molecule has 22 heavy (non-hydrogen) atoms. The van der Waals surface area contributed by atoms with Crippen LogP contribution in [0.3, 0.4) is 0 Å². The Labute approximate surface area is 133 Å². The van der Waals surface area contributed by atoms with Crippen molar-refractivity contribution < 1.29 is 9.90 Å². The van der Waals surface area contributed by atoms with E-state index < -0.39 is 0 Å². The van der Waals surface area contributed by atoms with Gasteiger partial charge in [0.05, 0.1) is 6.10 Å². The highest BCUT2D eigenvalue weighted by molar-refractivity contribution is 5.79. The number of rotatable bonds is 4. The summed E-state index contributed by atoms with van der Waals surface area (Å²) >= 11 is 0. The molecule has 1 aromatic rings. The van der Waals surface area contributed by atoms with Gasteiger partial charge < -0.3 is 10.0 Å². The summed E-state index contributed by atoms with van der Waals surface area (Å²) in [5, 5.41) is 10.2. The van der Waals surface area contributed by atoms with E-state index in [1.165, 1.54) is 30.4 Å². The molecule has 3 nitrogen and oxygen atoms in total. The SMILES string of the molecule is CCCC(O)c1ccc2c(c1)CN(C(=O)C1CCCCC1)C2. The van der Waals surface area contributed by atoms with Crippen molar-refractivity contribution in [3.63, 3.8) is 0 Å². The number of aliphatic hydroxyl groups excluding tert-OH is 1. The predicted molar refractivity (Wildman–Crippen MR) is 87.1 cm³/mol. The predicted octanol–water partition coefficient (Wildman–Crippen LogP) is 3.94. The van der Waals surface area contributed by atoms with Crippen molar-refractivity contribution in [1.29, 1.82) is 0 Å². The van der Waals surface area contributed by atoms with Gasteiger partial charge in [-0.2, -0.15) is 0 Å². The number of hydrogen-bond acceptors (Lipinski definition) is 2. The Morgan fingerprint density at radius 2 is 1.95 bits per heavy atom. The molecule has 1 aliphatic carbocycles. The van der Waals surface area contributed by atoms with Crippen LogP contribution in [0.25, 0.3) is 0 Å². The Hall–Kier alpha value is -1.35. The van der Waals surface area contributed by atoms with E-state index in [0.29, 0.717) is 5.91 Å². The average Bonchev–Trinajstić information content (AvgIpc) is 2.98. The minimum Gasteiger partial charge on any atom is -0.388 e. The molecule has 1 aromatic carbocycles. The third-order valence-electron chi connectivity index (χ3n) is 5.17. The number of amides is 1. The summed E-state index contributed by atoms with van der Waals surface area (Å²) in [4.78, 5) is 14.7. The fourth-order valence-electron chi connectivity index (χ4n) is 3.83. The van der Waals surface area contributed by atoms with Crippen molar-refractivity contribution in [2.75, 3.05) is 0 Å². The van der Waals surface area contributed by atoms with Gasteiger partial charge in [0.15, 0.2) is 0 Å². The Morgan fingerprint density at radius 3 is 2.68 bits per heavy atom. The second-order valence-electron chi connectivity index (χ2n) is 6.86. The molecule has 0 spiro atoms. The highest BCUT2D eigenvalue weighted by Crippen LogP contribution is 2.31. The molecule has 1 aliphatic heterocycles. The molecule has 0 radical (unpaired) electrons. The van der Waals surface area contributed by atoms with Crippen LogP contribution in [-0.4, -0.2) is 15.9 Å². The maximum absolute atomic E-state index is 12.7. The van der Waals surface area contributed by atoms with Crippen molar-refractivity contribution in [1.82, 2.24) is 4.90 Å². The standard InChI is InChI=1S/C19H27NO2/c1-2-6-18(21)15-9-10-16-12-20(13-17(16)11-15)19(22)14-7-4-3-5-8-14/h9-11,14,18,21H,2-8,12-13H2,1H3. The van der Waals surface area contributed by atoms with E-state index in [-0.39, 0.29) is 12.0 Å². The van der Waals surface area contributed by atoms with Crippen molar-refractivity contribution >= 4 is 5.91 Å².